The third-order valence-electron chi connectivity index (χ3n) is 2.33. The van der Waals surface area contributed by atoms with Gasteiger partial charge in [0.1, 0.15) is 0 Å². The summed E-state index contributed by atoms with van der Waals surface area (Å²) >= 11 is 0. The molecule has 94 valence electrons. The van der Waals surface area contributed by atoms with Crippen LogP contribution < -0.4 is 10.6 Å². The summed E-state index contributed by atoms with van der Waals surface area (Å²) in [6.45, 7) is 5.74. The van der Waals surface area contributed by atoms with Crippen molar-refractivity contribution in [2.75, 3.05) is 25.1 Å². The number of ether oxygens (including phenoxy) is 1. The van der Waals surface area contributed by atoms with Crippen LogP contribution in [0.2, 0.25) is 0 Å². The molecule has 0 radical (unpaired) electrons. The number of benzene rings is 1. The van der Waals surface area contributed by atoms with Crippen LogP contribution in [0.4, 0.5) is 10.5 Å². The first kappa shape index (κ1) is 13.5. The van der Waals surface area contributed by atoms with Crippen LogP contribution in [0.5, 0.6) is 0 Å². The van der Waals surface area contributed by atoms with Crippen molar-refractivity contribution in [2.24, 2.45) is 0 Å². The summed E-state index contributed by atoms with van der Waals surface area (Å²) in [4.78, 5) is 11.5. The predicted molar refractivity (Wildman–Crippen MR) is 69.3 cm³/mol. The second-order valence-electron chi connectivity index (χ2n) is 3.63. The number of urea groups is 1. The fraction of sp³-hybridized carbons (Fsp3) is 0.462. The van der Waals surface area contributed by atoms with E-state index in [9.17, 15) is 4.79 Å². The SMILES string of the molecule is CCOCCNC(=O)Nc1cccc(CC)c1. The van der Waals surface area contributed by atoms with Gasteiger partial charge in [0.05, 0.1) is 6.61 Å². The molecule has 4 nitrogen and oxygen atoms in total. The molecule has 2 amide bonds. The first-order chi connectivity index (χ1) is 8.26. The molecule has 1 rings (SSSR count). The summed E-state index contributed by atoms with van der Waals surface area (Å²) in [5.41, 5.74) is 2.02. The molecule has 0 bridgehead atoms. The second kappa shape index (κ2) is 7.68. The van der Waals surface area contributed by atoms with Crippen molar-refractivity contribution in [3.63, 3.8) is 0 Å². The van der Waals surface area contributed by atoms with Gasteiger partial charge in [-0.1, -0.05) is 19.1 Å². The lowest BCUT2D eigenvalue weighted by Crippen LogP contribution is -2.31. The maximum absolute atomic E-state index is 11.5. The van der Waals surface area contributed by atoms with E-state index in [-0.39, 0.29) is 6.03 Å². The molecule has 4 heteroatoms. The zero-order valence-electron chi connectivity index (χ0n) is 10.5. The Morgan fingerprint density at radius 1 is 1.35 bits per heavy atom. The Balaban J connectivity index is 2.34. The van der Waals surface area contributed by atoms with E-state index in [1.165, 1.54) is 5.56 Å². The van der Waals surface area contributed by atoms with Crippen LogP contribution in [0, 0.1) is 0 Å². The highest BCUT2D eigenvalue weighted by Gasteiger charge is 2.00. The number of hydrogen-bond acceptors (Lipinski definition) is 2. The maximum Gasteiger partial charge on any atom is 0.319 e. The molecule has 0 fully saturated rings. The number of hydrogen-bond donors (Lipinski definition) is 2. The van der Waals surface area contributed by atoms with Crippen LogP contribution >= 0.6 is 0 Å². The number of rotatable bonds is 6. The van der Waals surface area contributed by atoms with Gasteiger partial charge in [0.25, 0.3) is 0 Å². The smallest absolute Gasteiger partial charge is 0.319 e. The summed E-state index contributed by atoms with van der Waals surface area (Å²) in [5, 5.41) is 5.52. The van der Waals surface area contributed by atoms with E-state index < -0.39 is 0 Å². The number of anilines is 1. The zero-order chi connectivity index (χ0) is 12.5. The van der Waals surface area contributed by atoms with Crippen molar-refractivity contribution in [3.8, 4) is 0 Å². The first-order valence-corrected chi connectivity index (χ1v) is 5.97. The van der Waals surface area contributed by atoms with Gasteiger partial charge < -0.3 is 15.4 Å². The van der Waals surface area contributed by atoms with Crippen LogP contribution in [-0.4, -0.2) is 25.8 Å². The number of aryl methyl sites for hydroxylation is 1. The molecule has 0 aromatic heterocycles. The Morgan fingerprint density at radius 3 is 2.88 bits per heavy atom. The van der Waals surface area contributed by atoms with Gasteiger partial charge in [-0.25, -0.2) is 4.79 Å². The van der Waals surface area contributed by atoms with Gasteiger partial charge in [0, 0.05) is 18.8 Å². The maximum atomic E-state index is 11.5. The topological polar surface area (TPSA) is 50.4 Å². The van der Waals surface area contributed by atoms with Gasteiger partial charge in [0.2, 0.25) is 0 Å². The first-order valence-electron chi connectivity index (χ1n) is 5.97. The average molecular weight is 236 g/mol. The summed E-state index contributed by atoms with van der Waals surface area (Å²) in [7, 11) is 0. The van der Waals surface area contributed by atoms with Gasteiger partial charge in [-0.05, 0) is 31.0 Å². The van der Waals surface area contributed by atoms with E-state index >= 15 is 0 Å². The van der Waals surface area contributed by atoms with E-state index in [0.717, 1.165) is 12.1 Å². The molecule has 2 N–H and O–H groups in total. The highest BCUT2D eigenvalue weighted by atomic mass is 16.5. The van der Waals surface area contributed by atoms with Crippen LogP contribution in [-0.2, 0) is 11.2 Å². The monoisotopic (exact) mass is 236 g/mol. The quantitative estimate of drug-likeness (QED) is 0.745. The van der Waals surface area contributed by atoms with Crippen molar-refractivity contribution in [1.82, 2.24) is 5.32 Å². The van der Waals surface area contributed by atoms with Gasteiger partial charge in [-0.3, -0.25) is 0 Å². The Bertz CT molecular complexity index is 353. The lowest BCUT2D eigenvalue weighted by molar-refractivity contribution is 0.150. The van der Waals surface area contributed by atoms with E-state index in [4.69, 9.17) is 4.74 Å². The summed E-state index contributed by atoms with van der Waals surface area (Å²) in [6, 6.07) is 7.63. The Kier molecular flexibility index (Phi) is 6.10. The van der Waals surface area contributed by atoms with Crippen molar-refractivity contribution in [1.29, 1.82) is 0 Å². The number of carbonyl (C=O) groups is 1. The summed E-state index contributed by atoms with van der Waals surface area (Å²) in [6.07, 6.45) is 0.960. The molecule has 1 aromatic rings. The highest BCUT2D eigenvalue weighted by molar-refractivity contribution is 5.89. The highest BCUT2D eigenvalue weighted by Crippen LogP contribution is 2.10. The van der Waals surface area contributed by atoms with Crippen LogP contribution in [0.1, 0.15) is 19.4 Å². The van der Waals surface area contributed by atoms with E-state index in [0.29, 0.717) is 19.8 Å². The molecule has 0 heterocycles. The Labute approximate surface area is 102 Å². The molecule has 0 saturated carbocycles. The largest absolute Gasteiger partial charge is 0.380 e. The molecule has 1 aromatic carbocycles. The number of amides is 2. The van der Waals surface area contributed by atoms with Crippen LogP contribution in [0.3, 0.4) is 0 Å². The third kappa shape index (κ3) is 5.36. The van der Waals surface area contributed by atoms with Crippen LogP contribution in [0.25, 0.3) is 0 Å². The molecule has 0 atom stereocenters. The van der Waals surface area contributed by atoms with Gasteiger partial charge in [-0.15, -0.1) is 0 Å². The zero-order valence-corrected chi connectivity index (χ0v) is 10.5. The third-order valence-corrected chi connectivity index (χ3v) is 2.33. The predicted octanol–water partition coefficient (Wildman–Crippen LogP) is 2.41. The van der Waals surface area contributed by atoms with Gasteiger partial charge >= 0.3 is 6.03 Å². The number of carbonyl (C=O) groups excluding carboxylic acids is 1. The van der Waals surface area contributed by atoms with Gasteiger partial charge in [0.15, 0.2) is 0 Å². The molecule has 0 unspecified atom stereocenters. The molecule has 0 aliphatic rings. The Hall–Kier alpha value is -1.55. The van der Waals surface area contributed by atoms with Crippen LogP contribution in [0.15, 0.2) is 24.3 Å². The van der Waals surface area contributed by atoms with Crippen molar-refractivity contribution < 1.29 is 9.53 Å². The van der Waals surface area contributed by atoms with Crippen molar-refractivity contribution >= 4 is 11.7 Å². The minimum atomic E-state index is -0.196. The molecule has 0 saturated heterocycles. The lowest BCUT2D eigenvalue weighted by atomic mass is 10.1. The fourth-order valence-electron chi connectivity index (χ4n) is 1.43. The molecule has 0 aliphatic heterocycles. The second-order valence-corrected chi connectivity index (χ2v) is 3.63. The molecular weight excluding hydrogens is 216 g/mol. The number of nitrogens with one attached hydrogen (secondary N) is 2. The average Bonchev–Trinajstić information content (AvgIpc) is 2.35. The standard InChI is InChI=1S/C13H20N2O2/c1-3-11-6-5-7-12(10-11)15-13(16)14-8-9-17-4-2/h5-7,10H,3-4,8-9H2,1-2H3,(H2,14,15,16). The van der Waals surface area contributed by atoms with E-state index in [1.54, 1.807) is 0 Å². The molecule has 0 spiro atoms. The fourth-order valence-corrected chi connectivity index (χ4v) is 1.43. The van der Waals surface area contributed by atoms with Crippen molar-refractivity contribution in [2.45, 2.75) is 20.3 Å². The molecule has 17 heavy (non-hydrogen) atoms. The molecular formula is C13H20N2O2. The Morgan fingerprint density at radius 2 is 2.18 bits per heavy atom. The minimum Gasteiger partial charge on any atom is -0.380 e. The lowest BCUT2D eigenvalue weighted by Gasteiger charge is -2.08. The molecule has 0 aliphatic carbocycles. The summed E-state index contributed by atoms with van der Waals surface area (Å²) < 4.78 is 5.13. The normalized spacial score (nSPS) is 10.0. The minimum absolute atomic E-state index is 0.196. The van der Waals surface area contributed by atoms with Crippen molar-refractivity contribution in [3.05, 3.63) is 29.8 Å². The summed E-state index contributed by atoms with van der Waals surface area (Å²) in [5.74, 6) is 0. The van der Waals surface area contributed by atoms with E-state index in [1.807, 2.05) is 31.2 Å². The van der Waals surface area contributed by atoms with E-state index in [2.05, 4.69) is 17.6 Å². The van der Waals surface area contributed by atoms with Gasteiger partial charge in [-0.2, -0.15) is 0 Å².